The van der Waals surface area contributed by atoms with Crippen molar-refractivity contribution in [3.8, 4) is 17.7 Å². The Morgan fingerprint density at radius 3 is 2.69 bits per heavy atom. The van der Waals surface area contributed by atoms with Gasteiger partial charge in [-0.3, -0.25) is 0 Å². The summed E-state index contributed by atoms with van der Waals surface area (Å²) in [6, 6.07) is 19.6. The van der Waals surface area contributed by atoms with E-state index in [0.717, 1.165) is 29.0 Å². The molecule has 0 atom stereocenters. The number of benzene rings is 2. The molecule has 5 heteroatoms. The largest absolute Gasteiger partial charge is 0.439 e. The average Bonchev–Trinajstić information content (AvgIpc) is 2.66. The Balaban J connectivity index is 1.80. The lowest BCUT2D eigenvalue weighted by Gasteiger charge is -2.09. The number of thioether (sulfide) groups is 1. The topological polar surface area (TPSA) is 58.8 Å². The zero-order chi connectivity index (χ0) is 18.4. The van der Waals surface area contributed by atoms with Crippen LogP contribution >= 0.6 is 11.8 Å². The highest BCUT2D eigenvalue weighted by Crippen LogP contribution is 2.26. The summed E-state index contributed by atoms with van der Waals surface area (Å²) >= 11 is 1.51. The Morgan fingerprint density at radius 2 is 1.92 bits per heavy atom. The standard InChI is InChI=1S/C21H19N3OS/c1-3-18-12-20(25-19-10-6-7-15(2)11-19)24-21(23-18)26-14-17-9-5-4-8-16(17)13-22/h4-12H,3,14H2,1-2H3. The summed E-state index contributed by atoms with van der Waals surface area (Å²) in [5, 5.41) is 9.87. The molecule has 0 amide bonds. The fourth-order valence-corrected chi connectivity index (χ4v) is 3.32. The van der Waals surface area contributed by atoms with E-state index < -0.39 is 0 Å². The molecule has 4 nitrogen and oxygen atoms in total. The average molecular weight is 361 g/mol. The van der Waals surface area contributed by atoms with Gasteiger partial charge in [-0.15, -0.1) is 0 Å². The minimum absolute atomic E-state index is 0.540. The van der Waals surface area contributed by atoms with Gasteiger partial charge >= 0.3 is 0 Å². The maximum absolute atomic E-state index is 9.22. The minimum Gasteiger partial charge on any atom is -0.439 e. The van der Waals surface area contributed by atoms with Crippen LogP contribution in [0.25, 0.3) is 0 Å². The van der Waals surface area contributed by atoms with Crippen molar-refractivity contribution in [3.05, 3.63) is 77.0 Å². The molecule has 1 aromatic heterocycles. The van der Waals surface area contributed by atoms with E-state index in [1.54, 1.807) is 0 Å². The second-order valence-electron chi connectivity index (χ2n) is 5.81. The second-order valence-corrected chi connectivity index (χ2v) is 6.75. The summed E-state index contributed by atoms with van der Waals surface area (Å²) in [5.41, 5.74) is 3.73. The first-order valence-electron chi connectivity index (χ1n) is 8.41. The molecule has 0 radical (unpaired) electrons. The van der Waals surface area contributed by atoms with Crippen molar-refractivity contribution in [2.75, 3.05) is 0 Å². The minimum atomic E-state index is 0.540. The first kappa shape index (κ1) is 18.0. The van der Waals surface area contributed by atoms with E-state index in [-0.39, 0.29) is 0 Å². The van der Waals surface area contributed by atoms with Crippen LogP contribution in [-0.4, -0.2) is 9.97 Å². The highest BCUT2D eigenvalue weighted by Gasteiger charge is 2.09. The van der Waals surface area contributed by atoms with Gasteiger partial charge in [-0.25, -0.2) is 4.98 Å². The lowest BCUT2D eigenvalue weighted by Crippen LogP contribution is -1.98. The highest BCUT2D eigenvalue weighted by molar-refractivity contribution is 7.98. The first-order valence-corrected chi connectivity index (χ1v) is 9.39. The molecule has 0 unspecified atom stereocenters. The Hall–Kier alpha value is -2.84. The fraction of sp³-hybridized carbons (Fsp3) is 0.190. The molecular weight excluding hydrogens is 342 g/mol. The third-order valence-electron chi connectivity index (χ3n) is 3.80. The van der Waals surface area contributed by atoms with Gasteiger partial charge in [0.1, 0.15) is 5.75 Å². The van der Waals surface area contributed by atoms with Crippen LogP contribution in [0.15, 0.2) is 59.8 Å². The van der Waals surface area contributed by atoms with E-state index in [1.165, 1.54) is 11.8 Å². The van der Waals surface area contributed by atoms with Crippen molar-refractivity contribution in [1.29, 1.82) is 5.26 Å². The molecule has 0 aliphatic heterocycles. The molecular formula is C21H19N3OS. The summed E-state index contributed by atoms with van der Waals surface area (Å²) in [7, 11) is 0. The maximum atomic E-state index is 9.22. The molecule has 0 spiro atoms. The van der Waals surface area contributed by atoms with E-state index >= 15 is 0 Å². The van der Waals surface area contributed by atoms with Crippen LogP contribution in [0.5, 0.6) is 11.6 Å². The first-order chi connectivity index (χ1) is 12.7. The Bertz CT molecular complexity index is 950. The zero-order valence-corrected chi connectivity index (χ0v) is 15.6. The van der Waals surface area contributed by atoms with Crippen molar-refractivity contribution in [3.63, 3.8) is 0 Å². The molecule has 130 valence electrons. The van der Waals surface area contributed by atoms with Gasteiger partial charge in [-0.2, -0.15) is 10.2 Å². The Morgan fingerprint density at radius 1 is 1.08 bits per heavy atom. The van der Waals surface area contributed by atoms with Crippen LogP contribution in [0.2, 0.25) is 0 Å². The summed E-state index contributed by atoms with van der Waals surface area (Å²) in [6.45, 7) is 4.08. The quantitative estimate of drug-likeness (QED) is 0.440. The van der Waals surface area contributed by atoms with E-state index in [1.807, 2.05) is 61.5 Å². The van der Waals surface area contributed by atoms with Gasteiger partial charge in [0, 0.05) is 17.5 Å². The zero-order valence-electron chi connectivity index (χ0n) is 14.8. The molecule has 0 aliphatic carbocycles. The molecule has 26 heavy (non-hydrogen) atoms. The van der Waals surface area contributed by atoms with E-state index in [0.29, 0.717) is 22.4 Å². The van der Waals surface area contributed by atoms with E-state index in [2.05, 4.69) is 23.0 Å². The van der Waals surface area contributed by atoms with E-state index in [9.17, 15) is 5.26 Å². The van der Waals surface area contributed by atoms with Gasteiger partial charge in [0.05, 0.1) is 11.6 Å². The molecule has 3 rings (SSSR count). The predicted octanol–water partition coefficient (Wildman–Crippen LogP) is 5.30. The summed E-state index contributed by atoms with van der Waals surface area (Å²) < 4.78 is 5.92. The van der Waals surface area contributed by atoms with Crippen molar-refractivity contribution >= 4 is 11.8 Å². The lowest BCUT2D eigenvalue weighted by molar-refractivity contribution is 0.453. The van der Waals surface area contributed by atoms with Crippen LogP contribution in [0.3, 0.4) is 0 Å². The monoisotopic (exact) mass is 361 g/mol. The number of hydrogen-bond acceptors (Lipinski definition) is 5. The number of ether oxygens (including phenoxy) is 1. The lowest BCUT2D eigenvalue weighted by atomic mass is 10.1. The van der Waals surface area contributed by atoms with Gasteiger partial charge in [0.2, 0.25) is 5.88 Å². The van der Waals surface area contributed by atoms with Crippen LogP contribution in [-0.2, 0) is 12.2 Å². The summed E-state index contributed by atoms with van der Waals surface area (Å²) in [5.74, 6) is 1.94. The molecule has 2 aromatic carbocycles. The fourth-order valence-electron chi connectivity index (χ4n) is 2.44. The SMILES string of the molecule is CCc1cc(Oc2cccc(C)c2)nc(SCc2ccccc2C#N)n1. The molecule has 0 aliphatic rings. The van der Waals surface area contributed by atoms with Crippen LogP contribution in [0.1, 0.15) is 29.3 Å². The normalized spacial score (nSPS) is 10.3. The number of nitriles is 1. The van der Waals surface area contributed by atoms with E-state index in [4.69, 9.17) is 4.74 Å². The smallest absolute Gasteiger partial charge is 0.223 e. The number of hydrogen-bond donors (Lipinski definition) is 0. The highest BCUT2D eigenvalue weighted by atomic mass is 32.2. The molecule has 0 N–H and O–H groups in total. The summed E-state index contributed by atoms with van der Waals surface area (Å²) in [4.78, 5) is 9.09. The second kappa shape index (κ2) is 8.50. The van der Waals surface area contributed by atoms with Gasteiger partial charge in [0.25, 0.3) is 0 Å². The number of aryl methyl sites for hydroxylation is 2. The summed E-state index contributed by atoms with van der Waals surface area (Å²) in [6.07, 6.45) is 0.801. The van der Waals surface area contributed by atoms with Gasteiger partial charge in [0.15, 0.2) is 5.16 Å². The molecule has 0 saturated carbocycles. The van der Waals surface area contributed by atoms with Crippen LogP contribution in [0, 0.1) is 18.3 Å². The Kier molecular flexibility index (Phi) is 5.88. The molecule has 0 fully saturated rings. The van der Waals surface area contributed by atoms with Crippen molar-refractivity contribution in [2.45, 2.75) is 31.2 Å². The Labute approximate surface area is 157 Å². The number of rotatable bonds is 6. The number of nitrogens with zero attached hydrogens (tertiary/aromatic N) is 3. The number of aromatic nitrogens is 2. The van der Waals surface area contributed by atoms with Gasteiger partial charge in [-0.1, -0.05) is 49.0 Å². The van der Waals surface area contributed by atoms with Crippen LogP contribution < -0.4 is 4.74 Å². The third-order valence-corrected chi connectivity index (χ3v) is 4.70. The van der Waals surface area contributed by atoms with Crippen molar-refractivity contribution in [2.24, 2.45) is 0 Å². The van der Waals surface area contributed by atoms with Crippen molar-refractivity contribution < 1.29 is 4.74 Å². The molecule has 0 saturated heterocycles. The van der Waals surface area contributed by atoms with Crippen molar-refractivity contribution in [1.82, 2.24) is 9.97 Å². The molecule has 0 bridgehead atoms. The molecule has 3 aromatic rings. The predicted molar refractivity (Wildman–Crippen MR) is 103 cm³/mol. The maximum Gasteiger partial charge on any atom is 0.223 e. The van der Waals surface area contributed by atoms with Gasteiger partial charge in [-0.05, 0) is 42.7 Å². The third kappa shape index (κ3) is 4.62. The molecule has 1 heterocycles. The van der Waals surface area contributed by atoms with Crippen LogP contribution in [0.4, 0.5) is 0 Å². The van der Waals surface area contributed by atoms with Gasteiger partial charge < -0.3 is 4.74 Å².